The number of aryl methyl sites for hydroxylation is 1. The summed E-state index contributed by atoms with van der Waals surface area (Å²) in [6.07, 6.45) is 5.71. The molecule has 1 aliphatic carbocycles. The molecule has 0 N–H and O–H groups in total. The first-order valence-corrected chi connectivity index (χ1v) is 8.59. The summed E-state index contributed by atoms with van der Waals surface area (Å²) in [5, 5.41) is 0.604. The van der Waals surface area contributed by atoms with Crippen molar-refractivity contribution in [3.8, 4) is 0 Å². The van der Waals surface area contributed by atoms with Crippen molar-refractivity contribution < 1.29 is 9.53 Å². The fourth-order valence-electron chi connectivity index (χ4n) is 3.72. The van der Waals surface area contributed by atoms with E-state index in [1.807, 2.05) is 22.3 Å². The fraction of sp³-hybridized carbons (Fsp3) is 0.529. The van der Waals surface area contributed by atoms with E-state index in [4.69, 9.17) is 16.3 Å². The summed E-state index contributed by atoms with van der Waals surface area (Å²) in [6, 6.07) is 3.66. The van der Waals surface area contributed by atoms with Crippen LogP contribution in [0.1, 0.15) is 42.4 Å². The Labute approximate surface area is 140 Å². The number of hydrogen-bond acceptors (Lipinski definition) is 3. The average molecular weight is 334 g/mol. The fourth-order valence-corrected chi connectivity index (χ4v) is 3.88. The van der Waals surface area contributed by atoms with Crippen LogP contribution in [0.25, 0.3) is 5.65 Å². The molecule has 5 nitrogen and oxygen atoms in total. The summed E-state index contributed by atoms with van der Waals surface area (Å²) < 4.78 is 7.49. The molecule has 0 aromatic carbocycles. The number of hydrogen-bond donors (Lipinski definition) is 0. The first kappa shape index (κ1) is 15.0. The van der Waals surface area contributed by atoms with Crippen LogP contribution in [0.5, 0.6) is 0 Å². The van der Waals surface area contributed by atoms with E-state index in [0.717, 1.165) is 37.0 Å². The molecule has 0 atom stereocenters. The molecular formula is C17H20ClN3O2. The molecule has 1 aliphatic heterocycles. The van der Waals surface area contributed by atoms with E-state index in [1.54, 1.807) is 12.3 Å². The van der Waals surface area contributed by atoms with Crippen molar-refractivity contribution in [1.82, 2.24) is 14.3 Å². The molecule has 0 bridgehead atoms. The van der Waals surface area contributed by atoms with Gasteiger partial charge in [-0.05, 0) is 37.8 Å². The zero-order chi connectivity index (χ0) is 16.0. The summed E-state index contributed by atoms with van der Waals surface area (Å²) in [5.41, 5.74) is 2.14. The Balaban J connectivity index is 1.81. The maximum Gasteiger partial charge on any atom is 0.273 e. The summed E-state index contributed by atoms with van der Waals surface area (Å²) in [6.45, 7) is 3.93. The molecule has 4 rings (SSSR count). The Morgan fingerprint density at radius 2 is 2.26 bits per heavy atom. The molecule has 2 fully saturated rings. The van der Waals surface area contributed by atoms with E-state index in [-0.39, 0.29) is 11.4 Å². The average Bonchev–Trinajstić information content (AvgIpc) is 2.90. The Morgan fingerprint density at radius 1 is 1.43 bits per heavy atom. The van der Waals surface area contributed by atoms with Gasteiger partial charge >= 0.3 is 0 Å². The zero-order valence-electron chi connectivity index (χ0n) is 13.2. The minimum Gasteiger partial charge on any atom is -0.377 e. The second-order valence-corrected chi connectivity index (χ2v) is 6.86. The SMILES string of the molecule is CCc1nc2ccc(Cl)cn2c1C(=O)N1CCOCC12CCC2. The van der Waals surface area contributed by atoms with Crippen LogP contribution in [-0.4, -0.2) is 45.5 Å². The number of ether oxygens (including phenoxy) is 1. The van der Waals surface area contributed by atoms with E-state index in [2.05, 4.69) is 4.98 Å². The summed E-state index contributed by atoms with van der Waals surface area (Å²) in [7, 11) is 0. The third-order valence-electron chi connectivity index (χ3n) is 5.12. The van der Waals surface area contributed by atoms with Crippen LogP contribution in [0.2, 0.25) is 5.02 Å². The number of aromatic nitrogens is 2. The van der Waals surface area contributed by atoms with Crippen molar-refractivity contribution in [3.63, 3.8) is 0 Å². The van der Waals surface area contributed by atoms with Crippen LogP contribution in [0.15, 0.2) is 18.3 Å². The van der Waals surface area contributed by atoms with Crippen LogP contribution in [0.3, 0.4) is 0 Å². The molecule has 0 unspecified atom stereocenters. The monoisotopic (exact) mass is 333 g/mol. The van der Waals surface area contributed by atoms with E-state index >= 15 is 0 Å². The first-order chi connectivity index (χ1) is 11.1. The number of halogens is 1. The van der Waals surface area contributed by atoms with E-state index in [0.29, 0.717) is 30.5 Å². The summed E-state index contributed by atoms with van der Waals surface area (Å²) >= 11 is 6.13. The molecule has 0 radical (unpaired) electrons. The maximum absolute atomic E-state index is 13.3. The number of amides is 1. The van der Waals surface area contributed by atoms with Gasteiger partial charge in [-0.15, -0.1) is 0 Å². The number of morpholine rings is 1. The highest BCUT2D eigenvalue weighted by atomic mass is 35.5. The van der Waals surface area contributed by atoms with Gasteiger partial charge < -0.3 is 9.64 Å². The minimum atomic E-state index is -0.108. The number of imidazole rings is 1. The van der Waals surface area contributed by atoms with E-state index in [1.165, 1.54) is 0 Å². The van der Waals surface area contributed by atoms with Gasteiger partial charge in [-0.2, -0.15) is 0 Å². The number of rotatable bonds is 2. The van der Waals surface area contributed by atoms with Crippen molar-refractivity contribution in [1.29, 1.82) is 0 Å². The number of pyridine rings is 1. The van der Waals surface area contributed by atoms with Gasteiger partial charge in [-0.3, -0.25) is 9.20 Å². The van der Waals surface area contributed by atoms with Crippen molar-refractivity contribution >= 4 is 23.2 Å². The highest BCUT2D eigenvalue weighted by Gasteiger charge is 2.47. The second kappa shape index (κ2) is 5.49. The molecular weight excluding hydrogens is 314 g/mol. The molecule has 2 aliphatic rings. The van der Waals surface area contributed by atoms with Gasteiger partial charge in [0.15, 0.2) is 0 Å². The highest BCUT2D eigenvalue weighted by Crippen LogP contribution is 2.40. The smallest absolute Gasteiger partial charge is 0.273 e. The predicted octanol–water partition coefficient (Wildman–Crippen LogP) is 2.95. The Bertz CT molecular complexity index is 767. The number of nitrogens with zero attached hydrogens (tertiary/aromatic N) is 3. The van der Waals surface area contributed by atoms with Gasteiger partial charge in [-0.1, -0.05) is 18.5 Å². The van der Waals surface area contributed by atoms with Gasteiger partial charge in [0.25, 0.3) is 5.91 Å². The van der Waals surface area contributed by atoms with Gasteiger partial charge in [0, 0.05) is 12.7 Å². The molecule has 1 spiro atoms. The van der Waals surface area contributed by atoms with Gasteiger partial charge in [0.05, 0.1) is 29.5 Å². The number of carbonyl (C=O) groups is 1. The molecule has 1 saturated carbocycles. The lowest BCUT2D eigenvalue weighted by molar-refractivity contribution is -0.0879. The number of carbonyl (C=O) groups excluding carboxylic acids is 1. The quantitative estimate of drug-likeness (QED) is 0.849. The largest absolute Gasteiger partial charge is 0.377 e. The Kier molecular flexibility index (Phi) is 3.58. The molecule has 2 aromatic heterocycles. The molecule has 2 aromatic rings. The van der Waals surface area contributed by atoms with E-state index < -0.39 is 0 Å². The van der Waals surface area contributed by atoms with Crippen LogP contribution in [0.4, 0.5) is 0 Å². The molecule has 1 saturated heterocycles. The summed E-state index contributed by atoms with van der Waals surface area (Å²) in [5.74, 6) is 0.0552. The lowest BCUT2D eigenvalue weighted by Gasteiger charge is -2.52. The summed E-state index contributed by atoms with van der Waals surface area (Å²) in [4.78, 5) is 20.0. The lowest BCUT2D eigenvalue weighted by Crippen LogP contribution is -2.62. The minimum absolute atomic E-state index is 0.0552. The third kappa shape index (κ3) is 2.25. The van der Waals surface area contributed by atoms with E-state index in [9.17, 15) is 4.79 Å². The van der Waals surface area contributed by atoms with Gasteiger partial charge in [0.2, 0.25) is 0 Å². The van der Waals surface area contributed by atoms with Crippen molar-refractivity contribution in [3.05, 3.63) is 34.7 Å². The molecule has 6 heteroatoms. The van der Waals surface area contributed by atoms with Crippen LogP contribution >= 0.6 is 11.6 Å². The highest BCUT2D eigenvalue weighted by molar-refractivity contribution is 6.30. The second-order valence-electron chi connectivity index (χ2n) is 6.42. The first-order valence-electron chi connectivity index (χ1n) is 8.21. The van der Waals surface area contributed by atoms with Crippen LogP contribution in [-0.2, 0) is 11.2 Å². The van der Waals surface area contributed by atoms with Crippen molar-refractivity contribution in [2.45, 2.75) is 38.1 Å². The van der Waals surface area contributed by atoms with Gasteiger partial charge in [-0.25, -0.2) is 4.98 Å². The standard InChI is InChI=1S/C17H20ClN3O2/c1-2-13-15(20-10-12(18)4-5-14(20)19-13)16(22)21-8-9-23-11-17(21)6-3-7-17/h4-5,10H,2-3,6-9,11H2,1H3. The van der Waals surface area contributed by atoms with Crippen molar-refractivity contribution in [2.75, 3.05) is 19.8 Å². The zero-order valence-corrected chi connectivity index (χ0v) is 14.0. The van der Waals surface area contributed by atoms with Crippen LogP contribution < -0.4 is 0 Å². The molecule has 3 heterocycles. The molecule has 23 heavy (non-hydrogen) atoms. The number of fused-ring (bicyclic) bond motifs is 1. The Hall–Kier alpha value is -1.59. The van der Waals surface area contributed by atoms with Gasteiger partial charge in [0.1, 0.15) is 11.3 Å². The van der Waals surface area contributed by atoms with Crippen LogP contribution in [0, 0.1) is 0 Å². The lowest BCUT2D eigenvalue weighted by atomic mass is 9.75. The Morgan fingerprint density at radius 3 is 2.96 bits per heavy atom. The van der Waals surface area contributed by atoms with Crippen molar-refractivity contribution in [2.24, 2.45) is 0 Å². The third-order valence-corrected chi connectivity index (χ3v) is 5.35. The normalized spacial score (nSPS) is 20.0. The predicted molar refractivity (Wildman–Crippen MR) is 88.0 cm³/mol. The molecule has 122 valence electrons. The topological polar surface area (TPSA) is 46.8 Å². The molecule has 1 amide bonds. The maximum atomic E-state index is 13.3.